The molecule has 124 valence electrons. The summed E-state index contributed by atoms with van der Waals surface area (Å²) in [7, 11) is 0. The molecule has 1 aliphatic rings. The van der Waals surface area contributed by atoms with E-state index in [1.165, 1.54) is 6.21 Å². The Balaban J connectivity index is 1.53. The first-order valence-electron chi connectivity index (χ1n) is 7.83. The van der Waals surface area contributed by atoms with Crippen molar-refractivity contribution in [2.24, 2.45) is 11.0 Å². The second kappa shape index (κ2) is 7.12. The van der Waals surface area contributed by atoms with E-state index in [9.17, 15) is 9.59 Å². The van der Waals surface area contributed by atoms with E-state index in [0.29, 0.717) is 18.8 Å². The van der Waals surface area contributed by atoms with Gasteiger partial charge in [-0.15, -0.1) is 0 Å². The lowest BCUT2D eigenvalue weighted by Crippen LogP contribution is -2.30. The highest BCUT2D eigenvalue weighted by Gasteiger charge is 2.34. The molecule has 2 aromatic rings. The van der Waals surface area contributed by atoms with E-state index in [1.807, 2.05) is 43.3 Å². The van der Waals surface area contributed by atoms with Gasteiger partial charge >= 0.3 is 0 Å². The van der Waals surface area contributed by atoms with Crippen LogP contribution in [0.2, 0.25) is 0 Å². The van der Waals surface area contributed by atoms with E-state index in [4.69, 9.17) is 4.42 Å². The van der Waals surface area contributed by atoms with Crippen LogP contribution in [0.25, 0.3) is 0 Å². The summed E-state index contributed by atoms with van der Waals surface area (Å²) < 4.78 is 5.33. The van der Waals surface area contributed by atoms with Crippen molar-refractivity contribution >= 4 is 18.0 Å². The topological polar surface area (TPSA) is 74.9 Å². The number of amides is 2. The van der Waals surface area contributed by atoms with Crippen LogP contribution < -0.4 is 5.43 Å². The minimum Gasteiger partial charge on any atom is -0.460 e. The largest absolute Gasteiger partial charge is 0.460 e. The molecular weight excluding hydrogens is 306 g/mol. The normalized spacial score (nSPS) is 17.6. The third-order valence-electron chi connectivity index (χ3n) is 3.93. The van der Waals surface area contributed by atoms with Crippen LogP contribution in [0.5, 0.6) is 0 Å². The van der Waals surface area contributed by atoms with E-state index < -0.39 is 0 Å². The predicted molar refractivity (Wildman–Crippen MR) is 89.1 cm³/mol. The summed E-state index contributed by atoms with van der Waals surface area (Å²) in [5, 5.41) is 3.89. The number of carbonyl (C=O) groups excluding carboxylic acids is 2. The molecule has 1 saturated heterocycles. The van der Waals surface area contributed by atoms with Crippen molar-refractivity contribution in [3.05, 3.63) is 59.5 Å². The van der Waals surface area contributed by atoms with Crippen molar-refractivity contribution in [1.82, 2.24) is 10.3 Å². The number of hydrogen-bond acceptors (Lipinski definition) is 4. The molecule has 1 N–H and O–H groups in total. The molecule has 3 rings (SSSR count). The zero-order valence-electron chi connectivity index (χ0n) is 13.4. The number of nitrogens with zero attached hydrogens (tertiary/aromatic N) is 2. The Morgan fingerprint density at radius 3 is 2.83 bits per heavy atom. The second-order valence-corrected chi connectivity index (χ2v) is 5.84. The first-order chi connectivity index (χ1) is 11.6. The lowest BCUT2D eigenvalue weighted by molar-refractivity contribution is -0.129. The fraction of sp³-hybridized carbons (Fsp3) is 0.278. The highest BCUT2D eigenvalue weighted by Crippen LogP contribution is 2.20. The third-order valence-corrected chi connectivity index (χ3v) is 3.93. The quantitative estimate of drug-likeness (QED) is 0.675. The molecule has 1 unspecified atom stereocenters. The molecule has 6 nitrogen and oxygen atoms in total. The Hall–Kier alpha value is -2.89. The van der Waals surface area contributed by atoms with Gasteiger partial charge in [0.1, 0.15) is 11.5 Å². The minimum absolute atomic E-state index is 0.00959. The van der Waals surface area contributed by atoms with Crippen LogP contribution >= 0.6 is 0 Å². The SMILES string of the molecule is Cc1ccc(/C=N/NC(=O)C2CC(=O)N(Cc3ccccc3)C2)o1. The number of nitrogens with one attached hydrogen (secondary N) is 1. The zero-order valence-corrected chi connectivity index (χ0v) is 13.4. The Morgan fingerprint density at radius 2 is 2.12 bits per heavy atom. The third kappa shape index (κ3) is 3.90. The summed E-state index contributed by atoms with van der Waals surface area (Å²) in [6, 6.07) is 13.3. The van der Waals surface area contributed by atoms with Gasteiger partial charge in [-0.1, -0.05) is 30.3 Å². The Morgan fingerprint density at radius 1 is 1.33 bits per heavy atom. The number of rotatable bonds is 5. The van der Waals surface area contributed by atoms with Crippen molar-refractivity contribution in [3.8, 4) is 0 Å². The number of carbonyl (C=O) groups is 2. The van der Waals surface area contributed by atoms with Gasteiger partial charge in [0.15, 0.2) is 0 Å². The summed E-state index contributed by atoms with van der Waals surface area (Å²) >= 11 is 0. The number of likely N-dealkylation sites (tertiary alicyclic amines) is 1. The maximum Gasteiger partial charge on any atom is 0.245 e. The van der Waals surface area contributed by atoms with Gasteiger partial charge < -0.3 is 9.32 Å². The molecule has 1 aromatic heterocycles. The van der Waals surface area contributed by atoms with Crippen LogP contribution in [0.4, 0.5) is 0 Å². The summed E-state index contributed by atoms with van der Waals surface area (Å²) in [5.41, 5.74) is 3.53. The van der Waals surface area contributed by atoms with Crippen LogP contribution in [-0.2, 0) is 16.1 Å². The summed E-state index contributed by atoms with van der Waals surface area (Å²) in [4.78, 5) is 25.9. The van der Waals surface area contributed by atoms with E-state index >= 15 is 0 Å². The van der Waals surface area contributed by atoms with Crippen molar-refractivity contribution < 1.29 is 14.0 Å². The maximum atomic E-state index is 12.1. The van der Waals surface area contributed by atoms with Crippen LogP contribution in [0.15, 0.2) is 52.0 Å². The van der Waals surface area contributed by atoms with Crippen LogP contribution in [0, 0.1) is 12.8 Å². The fourth-order valence-corrected chi connectivity index (χ4v) is 2.68. The highest BCUT2D eigenvalue weighted by atomic mass is 16.3. The monoisotopic (exact) mass is 325 g/mol. The molecule has 0 aliphatic carbocycles. The Bertz CT molecular complexity index is 752. The summed E-state index contributed by atoms with van der Waals surface area (Å²) in [5.74, 6) is 0.710. The van der Waals surface area contributed by atoms with Gasteiger partial charge in [0.05, 0.1) is 12.1 Å². The van der Waals surface area contributed by atoms with Crippen LogP contribution in [-0.4, -0.2) is 29.5 Å². The van der Waals surface area contributed by atoms with Gasteiger partial charge in [0.2, 0.25) is 11.8 Å². The Kier molecular flexibility index (Phi) is 4.74. The van der Waals surface area contributed by atoms with E-state index in [2.05, 4.69) is 10.5 Å². The molecule has 0 radical (unpaired) electrons. The molecule has 2 amide bonds. The molecule has 1 atom stereocenters. The lowest BCUT2D eigenvalue weighted by atomic mass is 10.1. The number of furan rings is 1. The van der Waals surface area contributed by atoms with Crippen LogP contribution in [0.1, 0.15) is 23.5 Å². The van der Waals surface area contributed by atoms with Gasteiger partial charge in [0.25, 0.3) is 0 Å². The van der Waals surface area contributed by atoms with Gasteiger partial charge in [0, 0.05) is 19.5 Å². The minimum atomic E-state index is -0.378. The van der Waals surface area contributed by atoms with Gasteiger partial charge in [-0.2, -0.15) is 5.10 Å². The first kappa shape index (κ1) is 16.0. The predicted octanol–water partition coefficient (Wildman–Crippen LogP) is 2.09. The van der Waals surface area contributed by atoms with Crippen molar-refractivity contribution in [3.63, 3.8) is 0 Å². The smallest absolute Gasteiger partial charge is 0.245 e. The molecule has 1 aromatic carbocycles. The number of hydrazone groups is 1. The van der Waals surface area contributed by atoms with Crippen molar-refractivity contribution in [2.45, 2.75) is 19.9 Å². The number of benzene rings is 1. The van der Waals surface area contributed by atoms with Gasteiger partial charge in [-0.3, -0.25) is 9.59 Å². The van der Waals surface area contributed by atoms with Crippen molar-refractivity contribution in [1.29, 1.82) is 0 Å². The standard InChI is InChI=1S/C18H19N3O3/c1-13-7-8-16(24-13)10-19-20-18(23)15-9-17(22)21(12-15)11-14-5-3-2-4-6-14/h2-8,10,15H,9,11-12H2,1H3,(H,20,23)/b19-10+. The van der Waals surface area contributed by atoms with E-state index in [-0.39, 0.29) is 24.2 Å². The van der Waals surface area contributed by atoms with Gasteiger partial charge in [-0.05, 0) is 24.6 Å². The molecule has 1 fully saturated rings. The van der Waals surface area contributed by atoms with E-state index in [1.54, 1.807) is 11.0 Å². The van der Waals surface area contributed by atoms with Crippen molar-refractivity contribution in [2.75, 3.05) is 6.54 Å². The summed E-state index contributed by atoms with van der Waals surface area (Å²) in [6.07, 6.45) is 1.66. The molecule has 6 heteroatoms. The number of hydrogen-bond donors (Lipinski definition) is 1. The van der Waals surface area contributed by atoms with Gasteiger partial charge in [-0.25, -0.2) is 5.43 Å². The molecule has 2 heterocycles. The van der Waals surface area contributed by atoms with Crippen LogP contribution in [0.3, 0.4) is 0 Å². The summed E-state index contributed by atoms with van der Waals surface area (Å²) in [6.45, 7) is 2.77. The Labute approximate surface area is 140 Å². The number of aryl methyl sites for hydroxylation is 1. The average Bonchev–Trinajstić information content (AvgIpc) is 3.15. The molecule has 0 spiro atoms. The average molecular weight is 325 g/mol. The second-order valence-electron chi connectivity index (χ2n) is 5.84. The highest BCUT2D eigenvalue weighted by molar-refractivity contribution is 5.89. The fourth-order valence-electron chi connectivity index (χ4n) is 2.68. The maximum absolute atomic E-state index is 12.1. The zero-order chi connectivity index (χ0) is 16.9. The molecule has 24 heavy (non-hydrogen) atoms. The molecule has 0 saturated carbocycles. The molecular formula is C18H19N3O3. The molecule has 0 bridgehead atoms. The first-order valence-corrected chi connectivity index (χ1v) is 7.83. The molecule has 1 aliphatic heterocycles. The van der Waals surface area contributed by atoms with E-state index in [0.717, 1.165) is 11.3 Å². The lowest BCUT2D eigenvalue weighted by Gasteiger charge is -2.16.